The number of nitrogens with zero attached hydrogens (tertiary/aromatic N) is 2. The summed E-state index contributed by atoms with van der Waals surface area (Å²) in [5.41, 5.74) is 1.07. The van der Waals surface area contributed by atoms with Gasteiger partial charge >= 0.3 is 0 Å². The largest absolute Gasteiger partial charge is 0.379 e. The summed E-state index contributed by atoms with van der Waals surface area (Å²) in [6.45, 7) is 6.38. The highest BCUT2D eigenvalue weighted by atomic mass is 15.0. The van der Waals surface area contributed by atoms with Crippen molar-refractivity contribution in [2.24, 2.45) is 0 Å². The van der Waals surface area contributed by atoms with Crippen molar-refractivity contribution in [1.29, 1.82) is 0 Å². The number of hydrogen-bond acceptors (Lipinski definition) is 3. The van der Waals surface area contributed by atoms with E-state index in [0.717, 1.165) is 16.5 Å². The van der Waals surface area contributed by atoms with Crippen LogP contribution >= 0.6 is 0 Å². The molecule has 3 heteroatoms. The van der Waals surface area contributed by atoms with Crippen LogP contribution in [0.1, 0.15) is 20.8 Å². The van der Waals surface area contributed by atoms with E-state index in [1.165, 1.54) is 0 Å². The van der Waals surface area contributed by atoms with Crippen LogP contribution in [-0.4, -0.2) is 15.5 Å². The van der Waals surface area contributed by atoms with E-state index >= 15 is 0 Å². The Bertz CT molecular complexity index is 466. The average molecular weight is 201 g/mol. The lowest BCUT2D eigenvalue weighted by atomic mass is 10.1. The topological polar surface area (TPSA) is 37.8 Å². The van der Waals surface area contributed by atoms with Crippen LogP contribution < -0.4 is 5.32 Å². The highest BCUT2D eigenvalue weighted by Crippen LogP contribution is 2.23. The van der Waals surface area contributed by atoms with E-state index in [-0.39, 0.29) is 5.54 Å². The molecule has 0 saturated carbocycles. The Morgan fingerprint density at radius 2 is 1.87 bits per heavy atom. The maximum atomic E-state index is 4.21. The predicted octanol–water partition coefficient (Wildman–Crippen LogP) is 2.84. The van der Waals surface area contributed by atoms with Crippen LogP contribution in [0.25, 0.3) is 10.8 Å². The van der Waals surface area contributed by atoms with Crippen molar-refractivity contribution in [3.05, 3.63) is 30.9 Å². The van der Waals surface area contributed by atoms with E-state index in [4.69, 9.17) is 0 Å². The number of anilines is 1. The molecule has 2 aromatic heterocycles. The molecule has 15 heavy (non-hydrogen) atoms. The lowest BCUT2D eigenvalue weighted by molar-refractivity contribution is 0.634. The van der Waals surface area contributed by atoms with Gasteiger partial charge in [0, 0.05) is 34.9 Å². The molecule has 0 amide bonds. The molecule has 2 rings (SSSR count). The first kappa shape index (κ1) is 9.90. The number of hydrogen-bond donors (Lipinski definition) is 1. The summed E-state index contributed by atoms with van der Waals surface area (Å²) < 4.78 is 0. The quantitative estimate of drug-likeness (QED) is 0.771. The van der Waals surface area contributed by atoms with E-state index in [2.05, 4.69) is 36.1 Å². The highest BCUT2D eigenvalue weighted by Gasteiger charge is 2.11. The summed E-state index contributed by atoms with van der Waals surface area (Å²) in [5, 5.41) is 5.65. The van der Waals surface area contributed by atoms with E-state index in [0.29, 0.717) is 0 Å². The van der Waals surface area contributed by atoms with Gasteiger partial charge in [-0.1, -0.05) is 0 Å². The Hall–Kier alpha value is -1.64. The summed E-state index contributed by atoms with van der Waals surface area (Å²) in [5.74, 6) is 0. The van der Waals surface area contributed by atoms with Crippen LogP contribution in [0.15, 0.2) is 30.9 Å². The first-order valence-corrected chi connectivity index (χ1v) is 5.02. The summed E-state index contributed by atoms with van der Waals surface area (Å²) in [6, 6.07) is 1.97. The monoisotopic (exact) mass is 201 g/mol. The van der Waals surface area contributed by atoms with Gasteiger partial charge in [-0.05, 0) is 26.8 Å². The smallest absolute Gasteiger partial charge is 0.0626 e. The zero-order chi connectivity index (χ0) is 10.9. The van der Waals surface area contributed by atoms with E-state index in [1.807, 2.05) is 24.7 Å². The fourth-order valence-corrected chi connectivity index (χ4v) is 1.51. The van der Waals surface area contributed by atoms with Gasteiger partial charge in [-0.3, -0.25) is 9.97 Å². The molecular weight excluding hydrogens is 186 g/mol. The Balaban J connectivity index is 2.52. The molecule has 0 aliphatic carbocycles. The predicted molar refractivity (Wildman–Crippen MR) is 62.9 cm³/mol. The third-order valence-corrected chi connectivity index (χ3v) is 2.07. The maximum Gasteiger partial charge on any atom is 0.0626 e. The molecule has 0 radical (unpaired) electrons. The zero-order valence-electron chi connectivity index (χ0n) is 9.28. The lowest BCUT2D eigenvalue weighted by Crippen LogP contribution is -2.26. The van der Waals surface area contributed by atoms with Gasteiger partial charge < -0.3 is 5.32 Å². The fraction of sp³-hybridized carbons (Fsp3) is 0.333. The van der Waals surface area contributed by atoms with E-state index < -0.39 is 0 Å². The number of rotatable bonds is 1. The van der Waals surface area contributed by atoms with Crippen LogP contribution in [0.5, 0.6) is 0 Å². The number of nitrogens with one attached hydrogen (secondary N) is 1. The summed E-state index contributed by atoms with van der Waals surface area (Å²) in [4.78, 5) is 8.34. The molecule has 0 spiro atoms. The van der Waals surface area contributed by atoms with Gasteiger partial charge in [0.1, 0.15) is 0 Å². The molecule has 0 saturated heterocycles. The van der Waals surface area contributed by atoms with Crippen molar-refractivity contribution in [3.63, 3.8) is 0 Å². The second kappa shape index (κ2) is 3.50. The SMILES string of the molecule is CC(C)(C)Nc1cncc2ccncc12. The van der Waals surface area contributed by atoms with Gasteiger partial charge in [-0.25, -0.2) is 0 Å². The van der Waals surface area contributed by atoms with Gasteiger partial charge in [0.05, 0.1) is 11.9 Å². The molecule has 0 aliphatic rings. The molecule has 0 fully saturated rings. The van der Waals surface area contributed by atoms with Gasteiger partial charge in [-0.2, -0.15) is 0 Å². The van der Waals surface area contributed by atoms with Gasteiger partial charge in [0.15, 0.2) is 0 Å². The first-order chi connectivity index (χ1) is 7.06. The van der Waals surface area contributed by atoms with Crippen LogP contribution in [0.2, 0.25) is 0 Å². The molecule has 0 atom stereocenters. The third-order valence-electron chi connectivity index (χ3n) is 2.07. The van der Waals surface area contributed by atoms with Crippen LogP contribution in [-0.2, 0) is 0 Å². The van der Waals surface area contributed by atoms with Crippen LogP contribution in [0.4, 0.5) is 5.69 Å². The van der Waals surface area contributed by atoms with Crippen molar-refractivity contribution in [3.8, 4) is 0 Å². The van der Waals surface area contributed by atoms with Crippen molar-refractivity contribution in [2.75, 3.05) is 5.32 Å². The second-order valence-corrected chi connectivity index (χ2v) is 4.66. The normalized spacial score (nSPS) is 11.7. The minimum absolute atomic E-state index is 0.0335. The average Bonchev–Trinajstić information content (AvgIpc) is 2.16. The molecule has 2 aromatic rings. The third kappa shape index (κ3) is 2.24. The molecule has 2 heterocycles. The van der Waals surface area contributed by atoms with Crippen LogP contribution in [0, 0.1) is 0 Å². The molecule has 0 aliphatic heterocycles. The van der Waals surface area contributed by atoms with Crippen molar-refractivity contribution in [2.45, 2.75) is 26.3 Å². The zero-order valence-corrected chi connectivity index (χ0v) is 9.28. The van der Waals surface area contributed by atoms with E-state index in [9.17, 15) is 0 Å². The Kier molecular flexibility index (Phi) is 2.31. The number of fused-ring (bicyclic) bond motifs is 1. The van der Waals surface area contributed by atoms with Crippen LogP contribution in [0.3, 0.4) is 0 Å². The maximum absolute atomic E-state index is 4.21. The molecular formula is C12H15N3. The molecule has 1 N–H and O–H groups in total. The second-order valence-electron chi connectivity index (χ2n) is 4.66. The molecule has 78 valence electrons. The molecule has 0 aromatic carbocycles. The molecule has 0 bridgehead atoms. The number of pyridine rings is 2. The fourth-order valence-electron chi connectivity index (χ4n) is 1.51. The minimum Gasteiger partial charge on any atom is -0.379 e. The minimum atomic E-state index is 0.0335. The number of aromatic nitrogens is 2. The summed E-state index contributed by atoms with van der Waals surface area (Å²) in [7, 11) is 0. The molecule has 0 unspecified atom stereocenters. The molecule has 3 nitrogen and oxygen atoms in total. The van der Waals surface area contributed by atoms with Crippen molar-refractivity contribution >= 4 is 16.5 Å². The van der Waals surface area contributed by atoms with Gasteiger partial charge in [0.2, 0.25) is 0 Å². The van der Waals surface area contributed by atoms with Crippen molar-refractivity contribution in [1.82, 2.24) is 9.97 Å². The van der Waals surface area contributed by atoms with Gasteiger partial charge in [-0.15, -0.1) is 0 Å². The van der Waals surface area contributed by atoms with Gasteiger partial charge in [0.25, 0.3) is 0 Å². The highest BCUT2D eigenvalue weighted by molar-refractivity contribution is 5.92. The standard InChI is InChI=1S/C12H15N3/c1-12(2,3)15-11-8-14-6-9-4-5-13-7-10(9)11/h4-8,15H,1-3H3. The Labute approximate surface area is 89.6 Å². The lowest BCUT2D eigenvalue weighted by Gasteiger charge is -2.22. The van der Waals surface area contributed by atoms with E-state index in [1.54, 1.807) is 6.20 Å². The Morgan fingerprint density at radius 3 is 2.60 bits per heavy atom. The Morgan fingerprint density at radius 1 is 1.07 bits per heavy atom. The summed E-state index contributed by atoms with van der Waals surface area (Å²) in [6.07, 6.45) is 7.34. The first-order valence-electron chi connectivity index (χ1n) is 5.02. The summed E-state index contributed by atoms with van der Waals surface area (Å²) >= 11 is 0. The van der Waals surface area contributed by atoms with Crippen molar-refractivity contribution < 1.29 is 0 Å².